The van der Waals surface area contributed by atoms with Crippen LogP contribution in [0.2, 0.25) is 0 Å². The van der Waals surface area contributed by atoms with Gasteiger partial charge in [0, 0.05) is 0 Å². The highest BCUT2D eigenvalue weighted by molar-refractivity contribution is 7.88. The van der Waals surface area contributed by atoms with Crippen LogP contribution in [0.1, 0.15) is 6.92 Å². The molecule has 0 N–H and O–H groups in total. The molecular formula is C3H4F2O3S. The van der Waals surface area contributed by atoms with Crippen LogP contribution in [-0.2, 0) is 14.3 Å². The van der Waals surface area contributed by atoms with E-state index in [9.17, 15) is 17.2 Å². The van der Waals surface area contributed by atoms with Crippen LogP contribution in [-0.4, -0.2) is 19.8 Å². The van der Waals surface area contributed by atoms with Crippen LogP contribution >= 0.6 is 0 Å². The summed E-state index contributed by atoms with van der Waals surface area (Å²) in [5.74, 6) is 0. The molecule has 0 bridgehead atoms. The number of hydrogen-bond acceptors (Lipinski definition) is 3. The molecule has 54 valence electrons. The summed E-state index contributed by atoms with van der Waals surface area (Å²) in [7, 11) is -3.92. The zero-order chi connectivity index (χ0) is 7.28. The first-order valence-corrected chi connectivity index (χ1v) is 3.66. The van der Waals surface area contributed by atoms with E-state index in [4.69, 9.17) is 0 Å². The summed E-state index contributed by atoms with van der Waals surface area (Å²) >= 11 is 0. The van der Waals surface area contributed by atoms with Gasteiger partial charge in [0.05, 0.1) is 0 Å². The van der Waals surface area contributed by atoms with Gasteiger partial charge in [-0.15, -0.1) is 0 Å². The Morgan fingerprint density at radius 1 is 1.56 bits per heavy atom. The summed E-state index contributed by atoms with van der Waals surface area (Å²) in [6.45, 7) is 0.902. The van der Waals surface area contributed by atoms with E-state index in [0.29, 0.717) is 0 Å². The van der Waals surface area contributed by atoms with E-state index in [1.54, 1.807) is 0 Å². The van der Waals surface area contributed by atoms with Gasteiger partial charge in [0.1, 0.15) is 0 Å². The Labute approximate surface area is 50.7 Å². The Morgan fingerprint density at radius 2 is 2.00 bits per heavy atom. The Kier molecular flexibility index (Phi) is 1.10. The monoisotopic (exact) mass is 158 g/mol. The number of hydrogen-bond donors (Lipinski definition) is 0. The standard InChI is InChI=1S/C3H4F2O3S/c1-2-3(4,5)8-9(2,6)7/h2H,1H3. The zero-order valence-electron chi connectivity index (χ0n) is 4.47. The number of halogens is 2. The second-order valence-electron chi connectivity index (χ2n) is 1.78. The van der Waals surface area contributed by atoms with Crippen molar-refractivity contribution in [2.75, 3.05) is 0 Å². The van der Waals surface area contributed by atoms with Crippen molar-refractivity contribution >= 4 is 10.1 Å². The lowest BCUT2D eigenvalue weighted by atomic mass is 10.4. The molecule has 0 aliphatic carbocycles. The molecule has 1 rings (SSSR count). The average Bonchev–Trinajstić information content (AvgIpc) is 1.63. The van der Waals surface area contributed by atoms with Crippen LogP contribution in [0.25, 0.3) is 0 Å². The summed E-state index contributed by atoms with van der Waals surface area (Å²) < 4.78 is 47.2. The Hall–Kier alpha value is -0.230. The highest BCUT2D eigenvalue weighted by Crippen LogP contribution is 2.38. The molecule has 1 aliphatic rings. The summed E-state index contributed by atoms with van der Waals surface area (Å²) in [6.07, 6.45) is -3.47. The third-order valence-corrected chi connectivity index (χ3v) is 2.73. The van der Waals surface area contributed by atoms with Crippen LogP contribution in [0, 0.1) is 0 Å². The maximum Gasteiger partial charge on any atom is 0.388 e. The molecule has 3 nitrogen and oxygen atoms in total. The molecule has 0 spiro atoms. The smallest absolute Gasteiger partial charge is 0.199 e. The summed E-state index contributed by atoms with van der Waals surface area (Å²) in [6, 6.07) is 0. The molecule has 9 heavy (non-hydrogen) atoms. The first kappa shape index (κ1) is 6.88. The molecule has 1 atom stereocenters. The molecule has 0 aromatic carbocycles. The minimum absolute atomic E-state index is 0.902. The molecule has 1 heterocycles. The Morgan fingerprint density at radius 3 is 2.00 bits per heavy atom. The number of rotatable bonds is 0. The van der Waals surface area contributed by atoms with Crippen LogP contribution in [0.5, 0.6) is 0 Å². The summed E-state index contributed by atoms with van der Waals surface area (Å²) in [5, 5.41) is -1.69. The molecule has 6 heteroatoms. The minimum atomic E-state index is -3.92. The lowest BCUT2D eigenvalue weighted by Crippen LogP contribution is -2.53. The van der Waals surface area contributed by atoms with Gasteiger partial charge in [-0.05, 0) is 6.92 Å². The van der Waals surface area contributed by atoms with Crippen molar-refractivity contribution in [3.05, 3.63) is 0 Å². The fourth-order valence-electron chi connectivity index (χ4n) is 0.420. The van der Waals surface area contributed by atoms with Gasteiger partial charge >= 0.3 is 6.11 Å². The lowest BCUT2D eigenvalue weighted by Gasteiger charge is -2.31. The van der Waals surface area contributed by atoms with E-state index >= 15 is 0 Å². The van der Waals surface area contributed by atoms with E-state index in [1.165, 1.54) is 0 Å². The molecule has 0 saturated carbocycles. The Balaban J connectivity index is 2.86. The molecule has 1 unspecified atom stereocenters. The van der Waals surface area contributed by atoms with Gasteiger partial charge < -0.3 is 0 Å². The topological polar surface area (TPSA) is 43.4 Å². The largest absolute Gasteiger partial charge is 0.388 e. The van der Waals surface area contributed by atoms with Gasteiger partial charge in [-0.1, -0.05) is 0 Å². The number of alkyl halides is 2. The third kappa shape index (κ3) is 0.819. The van der Waals surface area contributed by atoms with Crippen LogP contribution in [0.3, 0.4) is 0 Å². The lowest BCUT2D eigenvalue weighted by molar-refractivity contribution is -0.204. The highest BCUT2D eigenvalue weighted by atomic mass is 32.2. The van der Waals surface area contributed by atoms with Gasteiger partial charge in [-0.3, -0.25) is 0 Å². The predicted octanol–water partition coefficient (Wildman–Crippen LogP) is 0.328. The van der Waals surface area contributed by atoms with E-state index < -0.39 is 21.5 Å². The van der Waals surface area contributed by atoms with Gasteiger partial charge in [0.2, 0.25) is 0 Å². The van der Waals surface area contributed by atoms with Gasteiger partial charge in [-0.25, -0.2) is 0 Å². The first-order chi connectivity index (χ1) is 3.86. The van der Waals surface area contributed by atoms with E-state index in [2.05, 4.69) is 4.18 Å². The van der Waals surface area contributed by atoms with Crippen molar-refractivity contribution in [3.8, 4) is 0 Å². The van der Waals surface area contributed by atoms with Crippen LogP contribution < -0.4 is 0 Å². The Bertz CT molecular complexity index is 219. The molecule has 0 radical (unpaired) electrons. The van der Waals surface area contributed by atoms with Gasteiger partial charge in [-0.2, -0.15) is 21.4 Å². The highest BCUT2D eigenvalue weighted by Gasteiger charge is 2.60. The fourth-order valence-corrected chi connectivity index (χ4v) is 1.26. The van der Waals surface area contributed by atoms with Crippen LogP contribution in [0.4, 0.5) is 8.78 Å². The van der Waals surface area contributed by atoms with Crippen molar-refractivity contribution in [3.63, 3.8) is 0 Å². The van der Waals surface area contributed by atoms with Crippen molar-refractivity contribution in [1.82, 2.24) is 0 Å². The molecule has 0 aromatic heterocycles. The average molecular weight is 158 g/mol. The second kappa shape index (κ2) is 1.43. The maximum absolute atomic E-state index is 11.8. The van der Waals surface area contributed by atoms with Crippen molar-refractivity contribution in [1.29, 1.82) is 0 Å². The van der Waals surface area contributed by atoms with E-state index in [-0.39, 0.29) is 0 Å². The molecule has 1 saturated heterocycles. The van der Waals surface area contributed by atoms with Crippen molar-refractivity contribution < 1.29 is 21.4 Å². The fraction of sp³-hybridized carbons (Fsp3) is 1.00. The summed E-state index contributed by atoms with van der Waals surface area (Å²) in [4.78, 5) is 0. The van der Waals surface area contributed by atoms with Gasteiger partial charge in [0.15, 0.2) is 5.25 Å². The van der Waals surface area contributed by atoms with Gasteiger partial charge in [0.25, 0.3) is 10.1 Å². The third-order valence-electron chi connectivity index (χ3n) is 1.13. The van der Waals surface area contributed by atoms with Crippen LogP contribution in [0.15, 0.2) is 0 Å². The summed E-state index contributed by atoms with van der Waals surface area (Å²) in [5.41, 5.74) is 0. The van der Waals surface area contributed by atoms with Crippen molar-refractivity contribution in [2.45, 2.75) is 18.3 Å². The first-order valence-electron chi connectivity index (χ1n) is 2.18. The minimum Gasteiger partial charge on any atom is -0.199 e. The molecule has 0 amide bonds. The molecule has 1 aliphatic heterocycles. The quantitative estimate of drug-likeness (QED) is 0.477. The maximum atomic E-state index is 11.8. The normalized spacial score (nSPS) is 37.4. The van der Waals surface area contributed by atoms with E-state index in [0.717, 1.165) is 6.92 Å². The van der Waals surface area contributed by atoms with Crippen molar-refractivity contribution in [2.24, 2.45) is 0 Å². The second-order valence-corrected chi connectivity index (χ2v) is 3.64. The SMILES string of the molecule is CC1C(F)(F)OS1(=O)=O. The molecular weight excluding hydrogens is 154 g/mol. The molecule has 1 fully saturated rings. The molecule has 0 aromatic rings. The van der Waals surface area contributed by atoms with E-state index in [1.807, 2.05) is 0 Å². The zero-order valence-corrected chi connectivity index (χ0v) is 5.28. The predicted molar refractivity (Wildman–Crippen MR) is 24.4 cm³/mol.